The third-order valence-electron chi connectivity index (χ3n) is 5.43. The van der Waals surface area contributed by atoms with Gasteiger partial charge in [0.1, 0.15) is 0 Å². The molecule has 30 heavy (non-hydrogen) atoms. The summed E-state index contributed by atoms with van der Waals surface area (Å²) in [7, 11) is 0. The highest BCUT2D eigenvalue weighted by atomic mass is 14.8. The van der Waals surface area contributed by atoms with Crippen LogP contribution in [0.15, 0.2) is 107 Å². The monoisotopic (exact) mass is 386 g/mol. The fourth-order valence-electron chi connectivity index (χ4n) is 3.83. The predicted molar refractivity (Wildman–Crippen MR) is 127 cm³/mol. The largest absolute Gasteiger partial charge is 0.246 e. The predicted octanol–water partition coefficient (Wildman–Crippen LogP) is 7.23. The Labute approximate surface area is 177 Å². The summed E-state index contributed by atoms with van der Waals surface area (Å²) >= 11 is 0. The van der Waals surface area contributed by atoms with E-state index in [2.05, 4.69) is 111 Å². The summed E-state index contributed by atoms with van der Waals surface area (Å²) < 4.78 is 0. The van der Waals surface area contributed by atoms with Gasteiger partial charge in [0.25, 0.3) is 0 Å². The quantitative estimate of drug-likeness (QED) is 0.347. The number of fused-ring (bicyclic) bond motifs is 3. The summed E-state index contributed by atoms with van der Waals surface area (Å²) in [6, 6.07) is 33.6. The summed E-state index contributed by atoms with van der Waals surface area (Å²) in [6.07, 6.45) is 0. The molecule has 0 saturated carbocycles. The lowest BCUT2D eigenvalue weighted by molar-refractivity contribution is 1.41. The molecule has 1 aliphatic rings. The maximum atomic E-state index is 5.08. The summed E-state index contributed by atoms with van der Waals surface area (Å²) in [5, 5.41) is 0. The van der Waals surface area contributed by atoms with E-state index in [0.29, 0.717) is 0 Å². The van der Waals surface area contributed by atoms with E-state index in [1.807, 2.05) is 0 Å². The maximum absolute atomic E-state index is 5.08. The zero-order valence-corrected chi connectivity index (χ0v) is 17.1. The lowest BCUT2D eigenvalue weighted by Gasteiger charge is -2.23. The summed E-state index contributed by atoms with van der Waals surface area (Å²) in [5.74, 6) is 0. The van der Waals surface area contributed by atoms with E-state index in [4.69, 9.17) is 9.98 Å². The summed E-state index contributed by atoms with van der Waals surface area (Å²) in [6.45, 7) is 4.18. The molecule has 0 unspecified atom stereocenters. The van der Waals surface area contributed by atoms with E-state index in [9.17, 15) is 0 Å². The number of benzene rings is 4. The Balaban J connectivity index is 1.78. The smallest absolute Gasteiger partial charge is 0.0978 e. The molecule has 4 aromatic rings. The van der Waals surface area contributed by atoms with Gasteiger partial charge in [-0.3, -0.25) is 0 Å². The molecule has 0 radical (unpaired) electrons. The molecule has 0 aliphatic heterocycles. The van der Waals surface area contributed by atoms with Gasteiger partial charge >= 0.3 is 0 Å². The van der Waals surface area contributed by atoms with Crippen LogP contribution in [-0.4, -0.2) is 11.4 Å². The van der Waals surface area contributed by atoms with E-state index in [1.165, 1.54) is 22.3 Å². The molecule has 5 rings (SSSR count). The standard InChI is InChI=1S/C28H22N2/c1-19-11-15-21(16-12-19)29-27-25-9-5-3-7-23(25)24-8-4-6-10-26(24)28(27)30-22-17-13-20(2)14-18-22/h3-18H,1-2H3. The average Bonchev–Trinajstić information content (AvgIpc) is 2.79. The van der Waals surface area contributed by atoms with Crippen LogP contribution in [0.3, 0.4) is 0 Å². The number of aryl methyl sites for hydroxylation is 2. The first-order valence-corrected chi connectivity index (χ1v) is 10.2. The lowest BCUT2D eigenvalue weighted by Crippen LogP contribution is -2.23. The van der Waals surface area contributed by atoms with Crippen LogP contribution >= 0.6 is 0 Å². The molecule has 0 amide bonds. The Morgan fingerprint density at radius 3 is 1.10 bits per heavy atom. The van der Waals surface area contributed by atoms with Crippen molar-refractivity contribution in [1.29, 1.82) is 0 Å². The molecule has 4 aromatic carbocycles. The maximum Gasteiger partial charge on any atom is 0.0978 e. The fourth-order valence-corrected chi connectivity index (χ4v) is 3.83. The van der Waals surface area contributed by atoms with Crippen molar-refractivity contribution in [3.63, 3.8) is 0 Å². The van der Waals surface area contributed by atoms with Crippen LogP contribution in [0.4, 0.5) is 11.4 Å². The van der Waals surface area contributed by atoms with Gasteiger partial charge in [-0.25, -0.2) is 9.98 Å². The zero-order valence-electron chi connectivity index (χ0n) is 17.1. The van der Waals surface area contributed by atoms with Crippen molar-refractivity contribution < 1.29 is 0 Å². The molecule has 144 valence electrons. The Morgan fingerprint density at radius 2 is 0.733 bits per heavy atom. The molecule has 0 N–H and O–H groups in total. The molecule has 0 bridgehead atoms. The molecule has 0 aromatic heterocycles. The molecule has 1 aliphatic carbocycles. The first-order chi connectivity index (χ1) is 14.7. The van der Waals surface area contributed by atoms with Crippen molar-refractivity contribution >= 4 is 22.8 Å². The molecule has 0 spiro atoms. The van der Waals surface area contributed by atoms with Crippen LogP contribution in [0.2, 0.25) is 0 Å². The highest BCUT2D eigenvalue weighted by Gasteiger charge is 2.26. The van der Waals surface area contributed by atoms with E-state index in [0.717, 1.165) is 33.9 Å². The highest BCUT2D eigenvalue weighted by molar-refractivity contribution is 6.57. The number of rotatable bonds is 2. The van der Waals surface area contributed by atoms with Crippen LogP contribution in [-0.2, 0) is 0 Å². The molecular weight excluding hydrogens is 364 g/mol. The lowest BCUT2D eigenvalue weighted by atomic mass is 9.82. The molecule has 0 saturated heterocycles. The van der Waals surface area contributed by atoms with Crippen LogP contribution in [0.1, 0.15) is 22.3 Å². The van der Waals surface area contributed by atoms with Gasteiger partial charge in [0.05, 0.1) is 22.8 Å². The van der Waals surface area contributed by atoms with Crippen molar-refractivity contribution in [2.75, 3.05) is 0 Å². The summed E-state index contributed by atoms with van der Waals surface area (Å²) in [5.41, 5.74) is 10.8. The van der Waals surface area contributed by atoms with Gasteiger partial charge in [0.15, 0.2) is 0 Å². The topological polar surface area (TPSA) is 24.7 Å². The number of hydrogen-bond acceptors (Lipinski definition) is 2. The highest BCUT2D eigenvalue weighted by Crippen LogP contribution is 2.36. The normalized spacial score (nSPS) is 15.1. The first kappa shape index (κ1) is 18.3. The number of hydrogen-bond donors (Lipinski definition) is 0. The Hall–Kier alpha value is -3.78. The zero-order chi connectivity index (χ0) is 20.5. The minimum absolute atomic E-state index is 0.911. The first-order valence-electron chi connectivity index (χ1n) is 10.2. The molecule has 0 heterocycles. The minimum Gasteiger partial charge on any atom is -0.246 e. The van der Waals surface area contributed by atoms with Crippen LogP contribution in [0.25, 0.3) is 11.1 Å². The molecule has 0 fully saturated rings. The second kappa shape index (κ2) is 7.57. The third kappa shape index (κ3) is 3.37. The average molecular weight is 386 g/mol. The van der Waals surface area contributed by atoms with Gasteiger partial charge in [-0.05, 0) is 49.2 Å². The van der Waals surface area contributed by atoms with Gasteiger partial charge in [-0.1, -0.05) is 83.9 Å². The fraction of sp³-hybridized carbons (Fsp3) is 0.0714. The number of aliphatic imine (C=N–C) groups is 2. The summed E-state index contributed by atoms with van der Waals surface area (Å²) in [4.78, 5) is 10.2. The van der Waals surface area contributed by atoms with Crippen molar-refractivity contribution in [2.45, 2.75) is 13.8 Å². The van der Waals surface area contributed by atoms with Crippen molar-refractivity contribution in [1.82, 2.24) is 0 Å². The van der Waals surface area contributed by atoms with Crippen molar-refractivity contribution in [2.24, 2.45) is 9.98 Å². The van der Waals surface area contributed by atoms with E-state index < -0.39 is 0 Å². The number of nitrogens with zero attached hydrogens (tertiary/aromatic N) is 2. The van der Waals surface area contributed by atoms with Gasteiger partial charge in [-0.15, -0.1) is 0 Å². The second-order valence-electron chi connectivity index (χ2n) is 7.68. The van der Waals surface area contributed by atoms with Crippen LogP contribution < -0.4 is 0 Å². The van der Waals surface area contributed by atoms with Gasteiger partial charge in [-0.2, -0.15) is 0 Å². The molecular formula is C28H22N2. The van der Waals surface area contributed by atoms with E-state index in [1.54, 1.807) is 0 Å². The van der Waals surface area contributed by atoms with E-state index >= 15 is 0 Å². The minimum atomic E-state index is 0.911. The van der Waals surface area contributed by atoms with Crippen LogP contribution in [0.5, 0.6) is 0 Å². The molecule has 0 atom stereocenters. The Bertz CT molecular complexity index is 1170. The van der Waals surface area contributed by atoms with E-state index in [-0.39, 0.29) is 0 Å². The Kier molecular flexibility index (Phi) is 4.61. The molecule has 2 heteroatoms. The Morgan fingerprint density at radius 1 is 0.400 bits per heavy atom. The van der Waals surface area contributed by atoms with Crippen molar-refractivity contribution in [3.05, 3.63) is 119 Å². The van der Waals surface area contributed by atoms with Crippen LogP contribution in [0, 0.1) is 13.8 Å². The molecule has 2 nitrogen and oxygen atoms in total. The second-order valence-corrected chi connectivity index (χ2v) is 7.68. The van der Waals surface area contributed by atoms with Gasteiger partial charge < -0.3 is 0 Å². The van der Waals surface area contributed by atoms with Gasteiger partial charge in [0, 0.05) is 11.1 Å². The third-order valence-corrected chi connectivity index (χ3v) is 5.43. The van der Waals surface area contributed by atoms with Gasteiger partial charge in [0.2, 0.25) is 0 Å². The van der Waals surface area contributed by atoms with Crippen molar-refractivity contribution in [3.8, 4) is 11.1 Å². The SMILES string of the molecule is Cc1ccc(N=C2C(=Nc3ccc(C)cc3)c3ccccc3-c3ccccc32)cc1.